The summed E-state index contributed by atoms with van der Waals surface area (Å²) in [6, 6.07) is 0.0256. The minimum Gasteiger partial charge on any atom is -0.476 e. The third-order valence-corrected chi connectivity index (χ3v) is 3.64. The molecule has 8 heteroatoms. The van der Waals surface area contributed by atoms with Crippen LogP contribution in [-0.2, 0) is 11.3 Å². The summed E-state index contributed by atoms with van der Waals surface area (Å²) >= 11 is 0. The van der Waals surface area contributed by atoms with Gasteiger partial charge in [-0.15, -0.1) is 0 Å². The fourth-order valence-corrected chi connectivity index (χ4v) is 2.54. The zero-order chi connectivity index (χ0) is 15.5. The molecule has 8 nitrogen and oxygen atoms in total. The second-order valence-electron chi connectivity index (χ2n) is 4.99. The molecule has 0 radical (unpaired) electrons. The van der Waals surface area contributed by atoms with Crippen LogP contribution in [0.3, 0.4) is 0 Å². The number of aromatic carboxylic acids is 1. The van der Waals surface area contributed by atoms with E-state index in [-0.39, 0.29) is 17.8 Å². The molecule has 2 N–H and O–H groups in total. The van der Waals surface area contributed by atoms with Crippen LogP contribution < -0.4 is 5.32 Å². The van der Waals surface area contributed by atoms with E-state index in [0.717, 1.165) is 18.8 Å². The predicted molar refractivity (Wildman–Crippen MR) is 77.6 cm³/mol. The number of ether oxygens (including phenoxy) is 1. The van der Waals surface area contributed by atoms with Crippen molar-refractivity contribution in [1.29, 1.82) is 0 Å². The lowest BCUT2D eigenvalue weighted by Crippen LogP contribution is -2.26. The molecular formula is C14H17N5O3. The van der Waals surface area contributed by atoms with Gasteiger partial charge in [0.2, 0.25) is 0 Å². The molecule has 1 aliphatic rings. The Balaban J connectivity index is 1.75. The lowest BCUT2D eigenvalue weighted by Gasteiger charge is -2.20. The van der Waals surface area contributed by atoms with E-state index in [0.29, 0.717) is 12.4 Å². The van der Waals surface area contributed by atoms with Gasteiger partial charge in [-0.25, -0.2) is 19.7 Å². The van der Waals surface area contributed by atoms with Crippen LogP contribution in [0.2, 0.25) is 0 Å². The normalized spacial score (nSPS) is 21.0. The van der Waals surface area contributed by atoms with E-state index < -0.39 is 5.97 Å². The molecule has 1 saturated heterocycles. The summed E-state index contributed by atoms with van der Waals surface area (Å²) in [5, 5.41) is 12.1. The number of nitrogens with zero attached hydrogens (tertiary/aromatic N) is 4. The van der Waals surface area contributed by atoms with Gasteiger partial charge in [-0.2, -0.15) is 0 Å². The number of nitrogens with one attached hydrogen (secondary N) is 1. The molecule has 0 aliphatic carbocycles. The van der Waals surface area contributed by atoms with Gasteiger partial charge in [0.1, 0.15) is 17.7 Å². The maximum Gasteiger partial charge on any atom is 0.356 e. The number of carbonyl (C=O) groups is 1. The van der Waals surface area contributed by atoms with Gasteiger partial charge in [0, 0.05) is 25.5 Å². The second-order valence-corrected chi connectivity index (χ2v) is 4.99. The number of aryl methyl sites for hydroxylation is 1. The van der Waals surface area contributed by atoms with E-state index >= 15 is 0 Å². The summed E-state index contributed by atoms with van der Waals surface area (Å²) in [6.07, 6.45) is 7.02. The molecule has 0 spiro atoms. The molecule has 0 aromatic carbocycles. The van der Waals surface area contributed by atoms with Crippen molar-refractivity contribution in [3.05, 3.63) is 36.3 Å². The summed E-state index contributed by atoms with van der Waals surface area (Å²) in [5.74, 6) is 0.318. The molecule has 116 valence electrons. The number of hydrogen-bond donors (Lipinski definition) is 2. The predicted octanol–water partition coefficient (Wildman–Crippen LogP) is 1.33. The Morgan fingerprint density at radius 1 is 1.45 bits per heavy atom. The van der Waals surface area contributed by atoms with Crippen molar-refractivity contribution in [2.45, 2.75) is 32.0 Å². The third-order valence-electron chi connectivity index (χ3n) is 3.64. The fourth-order valence-electron chi connectivity index (χ4n) is 2.54. The average Bonchev–Trinajstić information content (AvgIpc) is 3.15. The van der Waals surface area contributed by atoms with E-state index in [9.17, 15) is 4.79 Å². The van der Waals surface area contributed by atoms with Crippen LogP contribution in [0.15, 0.2) is 24.8 Å². The zero-order valence-electron chi connectivity index (χ0n) is 12.1. The zero-order valence-corrected chi connectivity index (χ0v) is 12.1. The first-order valence-electron chi connectivity index (χ1n) is 7.13. The van der Waals surface area contributed by atoms with Gasteiger partial charge in [-0.05, 0) is 13.3 Å². The molecule has 22 heavy (non-hydrogen) atoms. The summed E-state index contributed by atoms with van der Waals surface area (Å²) < 4.78 is 7.84. The number of rotatable bonds is 5. The van der Waals surface area contributed by atoms with Crippen molar-refractivity contribution in [3.8, 4) is 0 Å². The molecule has 1 aliphatic heterocycles. The van der Waals surface area contributed by atoms with Gasteiger partial charge in [-0.1, -0.05) is 0 Å². The number of hydrogen-bond acceptors (Lipinski definition) is 6. The quantitative estimate of drug-likeness (QED) is 0.859. The molecule has 0 saturated carbocycles. The first-order chi connectivity index (χ1) is 10.7. The average molecular weight is 303 g/mol. The van der Waals surface area contributed by atoms with Crippen LogP contribution >= 0.6 is 0 Å². The van der Waals surface area contributed by atoms with Crippen molar-refractivity contribution in [2.24, 2.45) is 0 Å². The molecule has 0 unspecified atom stereocenters. The van der Waals surface area contributed by atoms with Crippen LogP contribution in [-0.4, -0.2) is 43.2 Å². The van der Waals surface area contributed by atoms with Gasteiger partial charge >= 0.3 is 5.97 Å². The SMILES string of the molecule is CCn1ccnc1[C@H]1OCC[C@@H]1Nc1cnc(C(=O)O)cn1. The van der Waals surface area contributed by atoms with Gasteiger partial charge < -0.3 is 19.7 Å². The molecule has 0 amide bonds. The van der Waals surface area contributed by atoms with Crippen molar-refractivity contribution >= 4 is 11.8 Å². The standard InChI is InChI=1S/C14H17N5O3/c1-2-19-5-4-15-13(19)12-9(3-6-22-12)18-11-8-16-10(7-17-11)14(20)21/h4-5,7-9,12H,2-3,6H2,1H3,(H,17,18)(H,20,21)/t9-,12-/m0/s1. The molecular weight excluding hydrogens is 286 g/mol. The molecule has 0 bridgehead atoms. The summed E-state index contributed by atoms with van der Waals surface area (Å²) in [6.45, 7) is 3.52. The van der Waals surface area contributed by atoms with Crippen LogP contribution in [0, 0.1) is 0 Å². The largest absolute Gasteiger partial charge is 0.476 e. The monoisotopic (exact) mass is 303 g/mol. The maximum absolute atomic E-state index is 10.8. The van der Waals surface area contributed by atoms with Crippen LogP contribution in [0.1, 0.15) is 35.8 Å². The van der Waals surface area contributed by atoms with Gasteiger partial charge in [0.25, 0.3) is 0 Å². The fraction of sp³-hybridized carbons (Fsp3) is 0.429. The lowest BCUT2D eigenvalue weighted by molar-refractivity contribution is 0.0690. The summed E-state index contributed by atoms with van der Waals surface area (Å²) in [4.78, 5) is 23.1. The highest BCUT2D eigenvalue weighted by atomic mass is 16.5. The number of imidazole rings is 1. The topological polar surface area (TPSA) is 102 Å². The first-order valence-corrected chi connectivity index (χ1v) is 7.13. The highest BCUT2D eigenvalue weighted by Gasteiger charge is 2.33. The minimum atomic E-state index is -1.09. The Kier molecular flexibility index (Phi) is 4.01. The van der Waals surface area contributed by atoms with Gasteiger partial charge in [-0.3, -0.25) is 0 Å². The lowest BCUT2D eigenvalue weighted by atomic mass is 10.1. The molecule has 2 aromatic rings. The minimum absolute atomic E-state index is 0.0256. The number of carboxylic acid groups (broad SMARTS) is 1. The third kappa shape index (κ3) is 2.77. The Hall–Kier alpha value is -2.48. The van der Waals surface area contributed by atoms with Crippen molar-refractivity contribution in [2.75, 3.05) is 11.9 Å². The Bertz CT molecular complexity index is 655. The second kappa shape index (κ2) is 6.10. The van der Waals surface area contributed by atoms with E-state index in [1.54, 1.807) is 6.20 Å². The van der Waals surface area contributed by atoms with E-state index in [1.807, 2.05) is 10.8 Å². The maximum atomic E-state index is 10.8. The Labute approximate surface area is 127 Å². The molecule has 2 aromatic heterocycles. The van der Waals surface area contributed by atoms with Gasteiger partial charge in [0.05, 0.1) is 18.4 Å². The van der Waals surface area contributed by atoms with Crippen LogP contribution in [0.25, 0.3) is 0 Å². The first kappa shape index (κ1) is 14.5. The number of aromatic nitrogens is 4. The highest BCUT2D eigenvalue weighted by molar-refractivity contribution is 5.84. The van der Waals surface area contributed by atoms with Crippen LogP contribution in [0.5, 0.6) is 0 Å². The van der Waals surface area contributed by atoms with Crippen molar-refractivity contribution < 1.29 is 14.6 Å². The molecule has 2 atom stereocenters. The Morgan fingerprint density at radius 3 is 3.00 bits per heavy atom. The molecule has 3 rings (SSSR count). The smallest absolute Gasteiger partial charge is 0.356 e. The number of anilines is 1. The molecule has 1 fully saturated rings. The van der Waals surface area contributed by atoms with E-state index in [4.69, 9.17) is 9.84 Å². The van der Waals surface area contributed by atoms with Crippen molar-refractivity contribution in [3.63, 3.8) is 0 Å². The van der Waals surface area contributed by atoms with Gasteiger partial charge in [0.15, 0.2) is 5.69 Å². The van der Waals surface area contributed by atoms with E-state index in [2.05, 4.69) is 27.2 Å². The summed E-state index contributed by atoms with van der Waals surface area (Å²) in [7, 11) is 0. The van der Waals surface area contributed by atoms with E-state index in [1.165, 1.54) is 12.4 Å². The summed E-state index contributed by atoms with van der Waals surface area (Å²) in [5.41, 5.74) is -0.0775. The Morgan fingerprint density at radius 2 is 2.32 bits per heavy atom. The van der Waals surface area contributed by atoms with Crippen molar-refractivity contribution in [1.82, 2.24) is 19.5 Å². The van der Waals surface area contributed by atoms with Crippen LogP contribution in [0.4, 0.5) is 5.82 Å². The molecule has 3 heterocycles. The highest BCUT2D eigenvalue weighted by Crippen LogP contribution is 2.30. The number of carboxylic acids is 1.